The van der Waals surface area contributed by atoms with Crippen LogP contribution in [-0.4, -0.2) is 25.7 Å². The molecule has 1 aromatic rings. The monoisotopic (exact) mass is 360 g/mol. The van der Waals surface area contributed by atoms with E-state index in [1.165, 1.54) is 12.8 Å². The minimum absolute atomic E-state index is 0.334. The van der Waals surface area contributed by atoms with Crippen molar-refractivity contribution in [2.45, 2.75) is 52.0 Å². The summed E-state index contributed by atoms with van der Waals surface area (Å²) in [6.45, 7) is 4.27. The van der Waals surface area contributed by atoms with E-state index in [0.717, 1.165) is 24.8 Å². The molecule has 0 bridgehead atoms. The number of amides is 2. The minimum atomic E-state index is -0.540. The van der Waals surface area contributed by atoms with Crippen molar-refractivity contribution in [2.24, 2.45) is 0 Å². The lowest BCUT2D eigenvalue weighted by Crippen LogP contribution is -2.45. The van der Waals surface area contributed by atoms with E-state index in [4.69, 9.17) is 9.47 Å². The first-order chi connectivity index (χ1) is 12.6. The maximum absolute atomic E-state index is 12.6. The molecule has 1 atom stereocenters. The van der Waals surface area contributed by atoms with E-state index in [0.29, 0.717) is 23.6 Å². The predicted molar refractivity (Wildman–Crippen MR) is 99.8 cm³/mol. The van der Waals surface area contributed by atoms with Crippen LogP contribution in [0.15, 0.2) is 35.5 Å². The van der Waals surface area contributed by atoms with E-state index in [1.807, 2.05) is 12.1 Å². The Bertz CT molecular complexity index is 652. The smallest absolute Gasteiger partial charge is 0.338 e. The zero-order chi connectivity index (χ0) is 18.9. The van der Waals surface area contributed by atoms with Crippen LogP contribution >= 0.6 is 0 Å². The SMILES string of the molecule is CCCCCCCOC(=O)C1=C(C)NC(=O)N[C@@H]1c1ccc(OC)cc1. The fraction of sp³-hybridized carbons (Fsp3) is 0.500. The van der Waals surface area contributed by atoms with Crippen molar-refractivity contribution in [3.8, 4) is 5.75 Å². The highest BCUT2D eigenvalue weighted by atomic mass is 16.5. The number of methoxy groups -OCH3 is 1. The van der Waals surface area contributed by atoms with Gasteiger partial charge in [-0.25, -0.2) is 9.59 Å². The van der Waals surface area contributed by atoms with Gasteiger partial charge in [0.05, 0.1) is 25.3 Å². The molecule has 142 valence electrons. The Labute approximate surface area is 154 Å². The Kier molecular flexibility index (Phi) is 7.51. The summed E-state index contributed by atoms with van der Waals surface area (Å²) >= 11 is 0. The fourth-order valence-corrected chi connectivity index (χ4v) is 2.96. The van der Waals surface area contributed by atoms with Gasteiger partial charge in [0.15, 0.2) is 0 Å². The molecule has 0 fully saturated rings. The van der Waals surface area contributed by atoms with Gasteiger partial charge in [0.2, 0.25) is 0 Å². The standard InChI is InChI=1S/C20H28N2O4/c1-4-5-6-7-8-13-26-19(23)17-14(2)21-20(24)22-18(17)15-9-11-16(25-3)12-10-15/h9-12,18H,4-8,13H2,1-3H3,(H2,21,22,24)/t18-/m1/s1. The molecule has 0 radical (unpaired) electrons. The number of carbonyl (C=O) groups excluding carboxylic acids is 2. The number of hydrogen-bond donors (Lipinski definition) is 2. The van der Waals surface area contributed by atoms with Gasteiger partial charge in [-0.15, -0.1) is 0 Å². The van der Waals surface area contributed by atoms with E-state index >= 15 is 0 Å². The third kappa shape index (κ3) is 5.25. The Morgan fingerprint density at radius 2 is 1.81 bits per heavy atom. The zero-order valence-electron chi connectivity index (χ0n) is 15.8. The number of carbonyl (C=O) groups is 2. The van der Waals surface area contributed by atoms with Crippen LogP contribution in [0.3, 0.4) is 0 Å². The van der Waals surface area contributed by atoms with Crippen LogP contribution < -0.4 is 15.4 Å². The fourth-order valence-electron chi connectivity index (χ4n) is 2.96. The predicted octanol–water partition coefficient (Wildman–Crippen LogP) is 3.84. The molecule has 6 heteroatoms. The van der Waals surface area contributed by atoms with Gasteiger partial charge in [0.25, 0.3) is 0 Å². The summed E-state index contributed by atoms with van der Waals surface area (Å²) in [5, 5.41) is 5.46. The molecule has 0 saturated heterocycles. The number of benzene rings is 1. The third-order valence-electron chi connectivity index (χ3n) is 4.42. The molecule has 0 aliphatic carbocycles. The van der Waals surface area contributed by atoms with Crippen LogP contribution in [-0.2, 0) is 9.53 Å². The number of nitrogens with one attached hydrogen (secondary N) is 2. The summed E-state index contributed by atoms with van der Waals surface area (Å²) in [7, 11) is 1.59. The number of allylic oxidation sites excluding steroid dienone is 1. The summed E-state index contributed by atoms with van der Waals surface area (Å²) in [5.74, 6) is 0.317. The van der Waals surface area contributed by atoms with E-state index in [9.17, 15) is 9.59 Å². The molecule has 2 amide bonds. The lowest BCUT2D eigenvalue weighted by molar-refractivity contribution is -0.139. The van der Waals surface area contributed by atoms with Crippen LogP contribution in [0.25, 0.3) is 0 Å². The molecule has 0 unspecified atom stereocenters. The number of unbranched alkanes of at least 4 members (excludes halogenated alkanes) is 4. The molecule has 0 aromatic heterocycles. The average Bonchev–Trinajstić information content (AvgIpc) is 2.63. The molecule has 26 heavy (non-hydrogen) atoms. The molecule has 2 N–H and O–H groups in total. The van der Waals surface area contributed by atoms with Crippen LogP contribution in [0, 0.1) is 0 Å². The molecule has 2 rings (SSSR count). The highest BCUT2D eigenvalue weighted by molar-refractivity contribution is 5.95. The number of urea groups is 1. The quantitative estimate of drug-likeness (QED) is 0.518. The van der Waals surface area contributed by atoms with Gasteiger partial charge in [-0.3, -0.25) is 0 Å². The van der Waals surface area contributed by atoms with Crippen LogP contribution in [0.4, 0.5) is 4.79 Å². The molecule has 0 spiro atoms. The average molecular weight is 360 g/mol. The maximum Gasteiger partial charge on any atom is 0.338 e. The van der Waals surface area contributed by atoms with Crippen LogP contribution in [0.1, 0.15) is 57.6 Å². The Hall–Kier alpha value is -2.50. The molecular weight excluding hydrogens is 332 g/mol. The summed E-state index contributed by atoms with van der Waals surface area (Å²) < 4.78 is 10.6. The largest absolute Gasteiger partial charge is 0.497 e. The first-order valence-electron chi connectivity index (χ1n) is 9.16. The highest BCUT2D eigenvalue weighted by Crippen LogP contribution is 2.28. The number of rotatable bonds is 9. The van der Waals surface area contributed by atoms with Crippen molar-refractivity contribution in [3.63, 3.8) is 0 Å². The van der Waals surface area contributed by atoms with Crippen molar-refractivity contribution in [2.75, 3.05) is 13.7 Å². The molecule has 1 aliphatic rings. The Morgan fingerprint density at radius 3 is 2.46 bits per heavy atom. The molecule has 6 nitrogen and oxygen atoms in total. The topological polar surface area (TPSA) is 76.7 Å². The number of esters is 1. The van der Waals surface area contributed by atoms with Crippen molar-refractivity contribution in [1.29, 1.82) is 0 Å². The van der Waals surface area contributed by atoms with E-state index in [1.54, 1.807) is 26.2 Å². The van der Waals surface area contributed by atoms with Crippen molar-refractivity contribution in [3.05, 3.63) is 41.1 Å². The van der Waals surface area contributed by atoms with Crippen LogP contribution in [0.2, 0.25) is 0 Å². The lowest BCUT2D eigenvalue weighted by Gasteiger charge is -2.28. The second kappa shape index (κ2) is 9.85. The normalized spacial score (nSPS) is 16.7. The summed E-state index contributed by atoms with van der Waals surface area (Å²) in [6, 6.07) is 6.40. The maximum atomic E-state index is 12.6. The second-order valence-electron chi connectivity index (χ2n) is 6.39. The number of hydrogen-bond acceptors (Lipinski definition) is 4. The lowest BCUT2D eigenvalue weighted by atomic mass is 9.95. The first kappa shape index (κ1) is 19.8. The van der Waals surface area contributed by atoms with Gasteiger partial charge in [-0.2, -0.15) is 0 Å². The zero-order valence-corrected chi connectivity index (χ0v) is 15.8. The summed E-state index contributed by atoms with van der Waals surface area (Å²) in [4.78, 5) is 24.5. The van der Waals surface area contributed by atoms with Gasteiger partial charge in [0.1, 0.15) is 5.75 Å². The van der Waals surface area contributed by atoms with E-state index in [2.05, 4.69) is 17.6 Å². The van der Waals surface area contributed by atoms with Gasteiger partial charge in [-0.05, 0) is 31.0 Å². The van der Waals surface area contributed by atoms with Crippen molar-refractivity contribution >= 4 is 12.0 Å². The van der Waals surface area contributed by atoms with E-state index < -0.39 is 12.0 Å². The summed E-state index contributed by atoms with van der Waals surface area (Å²) in [5.41, 5.74) is 1.75. The van der Waals surface area contributed by atoms with E-state index in [-0.39, 0.29) is 6.03 Å². The van der Waals surface area contributed by atoms with Crippen LogP contribution in [0.5, 0.6) is 5.75 Å². The van der Waals surface area contributed by atoms with Gasteiger partial charge < -0.3 is 20.1 Å². The third-order valence-corrected chi connectivity index (χ3v) is 4.42. The van der Waals surface area contributed by atoms with Gasteiger partial charge >= 0.3 is 12.0 Å². The molecule has 1 aliphatic heterocycles. The highest BCUT2D eigenvalue weighted by Gasteiger charge is 2.32. The minimum Gasteiger partial charge on any atom is -0.497 e. The second-order valence-corrected chi connectivity index (χ2v) is 6.39. The summed E-state index contributed by atoms with van der Waals surface area (Å²) in [6.07, 6.45) is 5.44. The first-order valence-corrected chi connectivity index (χ1v) is 9.16. The Morgan fingerprint density at radius 1 is 1.12 bits per heavy atom. The molecule has 1 aromatic carbocycles. The molecular formula is C20H28N2O4. The van der Waals surface area contributed by atoms with Gasteiger partial charge in [0, 0.05) is 5.70 Å². The molecule has 1 heterocycles. The van der Waals surface area contributed by atoms with Crippen molar-refractivity contribution in [1.82, 2.24) is 10.6 Å². The van der Waals surface area contributed by atoms with Gasteiger partial charge in [-0.1, -0.05) is 44.7 Å². The Balaban J connectivity index is 2.07. The molecule has 0 saturated carbocycles. The van der Waals surface area contributed by atoms with Crippen molar-refractivity contribution < 1.29 is 19.1 Å². The number of ether oxygens (including phenoxy) is 2.